The van der Waals surface area contributed by atoms with Crippen LogP contribution in [-0.4, -0.2) is 11.1 Å². The van der Waals surface area contributed by atoms with E-state index in [-0.39, 0.29) is 5.56 Å². The number of hydrogen-bond acceptors (Lipinski definition) is 1. The fourth-order valence-corrected chi connectivity index (χ4v) is 2.45. The maximum atomic E-state index is 13.5. The molecule has 1 fully saturated rings. The first-order chi connectivity index (χ1) is 7.37. The summed E-state index contributed by atoms with van der Waals surface area (Å²) >= 11 is 0. The van der Waals surface area contributed by atoms with Crippen molar-refractivity contribution in [3.05, 3.63) is 35.4 Å². The van der Waals surface area contributed by atoms with Gasteiger partial charge in [-0.3, -0.25) is 4.79 Å². The third kappa shape index (κ3) is 1.40. The van der Waals surface area contributed by atoms with E-state index in [4.69, 9.17) is 5.11 Å². The molecule has 2 rings (SSSR count). The molecule has 1 saturated carbocycles. The van der Waals surface area contributed by atoms with Gasteiger partial charge in [0, 0.05) is 11.5 Å². The van der Waals surface area contributed by atoms with Gasteiger partial charge in [-0.15, -0.1) is 0 Å². The molecule has 1 aliphatic carbocycles. The standard InChI is InChI=1S/C12H12F2O2/c1-12(2)9(10(12)11(15)16)8-6(13)4-3-5-7(8)14/h3-5,9-10H,1-2H3,(H,15,16). The van der Waals surface area contributed by atoms with Gasteiger partial charge in [0.25, 0.3) is 0 Å². The normalized spacial score (nSPS) is 26.5. The molecule has 0 amide bonds. The predicted octanol–water partition coefficient (Wildman–Crippen LogP) is 2.79. The van der Waals surface area contributed by atoms with E-state index in [1.165, 1.54) is 6.07 Å². The Morgan fingerprint density at radius 1 is 1.31 bits per heavy atom. The van der Waals surface area contributed by atoms with Crippen molar-refractivity contribution in [3.63, 3.8) is 0 Å². The first-order valence-electron chi connectivity index (χ1n) is 5.04. The Balaban J connectivity index is 2.45. The molecule has 0 heterocycles. The first-order valence-corrected chi connectivity index (χ1v) is 5.04. The molecular formula is C12H12F2O2. The second-order valence-electron chi connectivity index (χ2n) is 4.75. The molecular weight excluding hydrogens is 214 g/mol. The smallest absolute Gasteiger partial charge is 0.307 e. The first kappa shape index (κ1) is 11.0. The van der Waals surface area contributed by atoms with Gasteiger partial charge in [0.15, 0.2) is 0 Å². The summed E-state index contributed by atoms with van der Waals surface area (Å²) in [6, 6.07) is 3.59. The summed E-state index contributed by atoms with van der Waals surface area (Å²) in [6.07, 6.45) is 0. The zero-order valence-electron chi connectivity index (χ0n) is 9.00. The van der Waals surface area contributed by atoms with Crippen LogP contribution in [0.5, 0.6) is 0 Å². The van der Waals surface area contributed by atoms with Crippen molar-refractivity contribution in [1.82, 2.24) is 0 Å². The number of rotatable bonds is 2. The van der Waals surface area contributed by atoms with Crippen LogP contribution in [0.2, 0.25) is 0 Å². The second kappa shape index (κ2) is 3.27. The zero-order chi connectivity index (χ0) is 12.1. The number of benzene rings is 1. The average molecular weight is 226 g/mol. The van der Waals surface area contributed by atoms with Gasteiger partial charge in [-0.1, -0.05) is 19.9 Å². The Labute approximate surface area is 91.9 Å². The Morgan fingerprint density at radius 3 is 2.19 bits per heavy atom. The minimum Gasteiger partial charge on any atom is -0.481 e. The highest BCUT2D eigenvalue weighted by molar-refractivity contribution is 5.77. The van der Waals surface area contributed by atoms with Crippen molar-refractivity contribution < 1.29 is 18.7 Å². The van der Waals surface area contributed by atoms with Gasteiger partial charge in [-0.05, 0) is 17.5 Å². The Kier molecular flexibility index (Phi) is 2.26. The summed E-state index contributed by atoms with van der Waals surface area (Å²) in [4.78, 5) is 10.9. The molecule has 86 valence electrons. The molecule has 0 aromatic heterocycles. The van der Waals surface area contributed by atoms with E-state index < -0.39 is 34.9 Å². The van der Waals surface area contributed by atoms with E-state index in [2.05, 4.69) is 0 Å². The maximum Gasteiger partial charge on any atom is 0.307 e. The molecule has 0 aliphatic heterocycles. The highest BCUT2D eigenvalue weighted by Crippen LogP contribution is 2.65. The van der Waals surface area contributed by atoms with Gasteiger partial charge in [-0.2, -0.15) is 0 Å². The van der Waals surface area contributed by atoms with Crippen LogP contribution in [0.4, 0.5) is 8.78 Å². The molecule has 0 spiro atoms. The molecule has 0 radical (unpaired) electrons. The monoisotopic (exact) mass is 226 g/mol. The van der Waals surface area contributed by atoms with Crippen molar-refractivity contribution in [2.75, 3.05) is 0 Å². The number of aliphatic carboxylic acids is 1. The van der Waals surface area contributed by atoms with Gasteiger partial charge < -0.3 is 5.11 Å². The molecule has 4 heteroatoms. The van der Waals surface area contributed by atoms with E-state index in [9.17, 15) is 13.6 Å². The largest absolute Gasteiger partial charge is 0.481 e. The van der Waals surface area contributed by atoms with Crippen molar-refractivity contribution in [1.29, 1.82) is 0 Å². The van der Waals surface area contributed by atoms with E-state index in [0.29, 0.717) is 0 Å². The summed E-state index contributed by atoms with van der Waals surface area (Å²) in [5.41, 5.74) is -0.686. The lowest BCUT2D eigenvalue weighted by atomic mass is 10.0. The summed E-state index contributed by atoms with van der Waals surface area (Å²) in [5, 5.41) is 8.96. The van der Waals surface area contributed by atoms with Crippen LogP contribution in [0.25, 0.3) is 0 Å². The number of halogens is 2. The molecule has 1 aliphatic rings. The van der Waals surface area contributed by atoms with Crippen LogP contribution in [-0.2, 0) is 4.79 Å². The molecule has 1 aromatic carbocycles. The lowest BCUT2D eigenvalue weighted by Gasteiger charge is -2.05. The molecule has 2 unspecified atom stereocenters. The minimum absolute atomic E-state index is 0.0973. The quantitative estimate of drug-likeness (QED) is 0.841. The number of carbonyl (C=O) groups is 1. The van der Waals surface area contributed by atoms with Crippen LogP contribution >= 0.6 is 0 Å². The Morgan fingerprint density at radius 2 is 1.81 bits per heavy atom. The highest BCUT2D eigenvalue weighted by atomic mass is 19.1. The number of hydrogen-bond donors (Lipinski definition) is 1. The number of carboxylic acids is 1. The van der Waals surface area contributed by atoms with Crippen molar-refractivity contribution in [2.45, 2.75) is 19.8 Å². The topological polar surface area (TPSA) is 37.3 Å². The third-order valence-corrected chi connectivity index (χ3v) is 3.40. The molecule has 2 atom stereocenters. The van der Waals surface area contributed by atoms with Crippen molar-refractivity contribution in [3.8, 4) is 0 Å². The SMILES string of the molecule is CC1(C)C(C(=O)O)C1c1c(F)cccc1F. The summed E-state index contributed by atoms with van der Waals surface area (Å²) in [6.45, 7) is 3.42. The van der Waals surface area contributed by atoms with Gasteiger partial charge >= 0.3 is 5.97 Å². The second-order valence-corrected chi connectivity index (χ2v) is 4.75. The molecule has 0 bridgehead atoms. The average Bonchev–Trinajstić information content (AvgIpc) is 2.69. The predicted molar refractivity (Wildman–Crippen MR) is 54.0 cm³/mol. The van der Waals surface area contributed by atoms with Crippen LogP contribution < -0.4 is 0 Å². The lowest BCUT2D eigenvalue weighted by molar-refractivity contribution is -0.139. The fourth-order valence-electron chi connectivity index (χ4n) is 2.45. The maximum absolute atomic E-state index is 13.5. The summed E-state index contributed by atoms with van der Waals surface area (Å²) in [7, 11) is 0. The lowest BCUT2D eigenvalue weighted by Crippen LogP contribution is -2.03. The van der Waals surface area contributed by atoms with E-state index in [1.54, 1.807) is 13.8 Å². The van der Waals surface area contributed by atoms with Crippen LogP contribution in [0, 0.1) is 23.0 Å². The molecule has 1 aromatic rings. The number of carboxylic acid groups (broad SMARTS) is 1. The van der Waals surface area contributed by atoms with Crippen molar-refractivity contribution in [2.24, 2.45) is 11.3 Å². The molecule has 1 N–H and O–H groups in total. The fraction of sp³-hybridized carbons (Fsp3) is 0.417. The van der Waals surface area contributed by atoms with Crippen LogP contribution in [0.3, 0.4) is 0 Å². The van der Waals surface area contributed by atoms with Gasteiger partial charge in [0.05, 0.1) is 5.92 Å². The minimum atomic E-state index is -1.00. The molecule has 16 heavy (non-hydrogen) atoms. The van der Waals surface area contributed by atoms with Crippen LogP contribution in [0.15, 0.2) is 18.2 Å². The van der Waals surface area contributed by atoms with Crippen LogP contribution in [0.1, 0.15) is 25.3 Å². The Hall–Kier alpha value is -1.45. The molecule has 0 saturated heterocycles. The highest BCUT2D eigenvalue weighted by Gasteiger charge is 2.64. The van der Waals surface area contributed by atoms with Gasteiger partial charge in [-0.25, -0.2) is 8.78 Å². The summed E-state index contributed by atoms with van der Waals surface area (Å²) in [5.74, 6) is -3.62. The van der Waals surface area contributed by atoms with E-state index in [1.807, 2.05) is 0 Å². The van der Waals surface area contributed by atoms with Crippen molar-refractivity contribution >= 4 is 5.97 Å². The van der Waals surface area contributed by atoms with Gasteiger partial charge in [0.2, 0.25) is 0 Å². The van der Waals surface area contributed by atoms with Gasteiger partial charge in [0.1, 0.15) is 11.6 Å². The molecule has 2 nitrogen and oxygen atoms in total. The Bertz CT molecular complexity index is 434. The third-order valence-electron chi connectivity index (χ3n) is 3.40. The van der Waals surface area contributed by atoms with E-state index in [0.717, 1.165) is 12.1 Å². The zero-order valence-corrected chi connectivity index (χ0v) is 9.00. The summed E-state index contributed by atoms with van der Waals surface area (Å²) < 4.78 is 27.0. The van der Waals surface area contributed by atoms with E-state index >= 15 is 0 Å².